The molecule has 1 atom stereocenters. The summed E-state index contributed by atoms with van der Waals surface area (Å²) in [5.41, 5.74) is 2.57. The first kappa shape index (κ1) is 17.4. The minimum atomic E-state index is -2.91. The van der Waals surface area contributed by atoms with E-state index < -0.39 is 9.84 Å². The maximum Gasteiger partial charge on any atom is 0.151 e. The molecule has 1 aliphatic heterocycles. The van der Waals surface area contributed by atoms with E-state index in [0.717, 1.165) is 16.8 Å². The first-order valence-corrected chi connectivity index (χ1v) is 9.94. The number of benzene rings is 1. The maximum absolute atomic E-state index is 13.0. The third-order valence-corrected chi connectivity index (χ3v) is 6.42. The fourth-order valence-corrected chi connectivity index (χ4v) is 4.87. The molecule has 2 heterocycles. The second kappa shape index (κ2) is 6.82. The zero-order valence-corrected chi connectivity index (χ0v) is 14.9. The summed E-state index contributed by atoms with van der Waals surface area (Å²) in [6, 6.07) is 6.17. The Kier molecular flexibility index (Phi) is 4.94. The molecule has 1 fully saturated rings. The lowest BCUT2D eigenvalue weighted by Gasteiger charge is -2.10. The lowest BCUT2D eigenvalue weighted by Crippen LogP contribution is -2.29. The van der Waals surface area contributed by atoms with Gasteiger partial charge in [0.25, 0.3) is 0 Å². The molecule has 0 aliphatic carbocycles. The number of nitrogens with zero attached hydrogens (tertiary/aromatic N) is 2. The Morgan fingerprint density at radius 1 is 1.38 bits per heavy atom. The second-order valence-electron chi connectivity index (χ2n) is 6.12. The van der Waals surface area contributed by atoms with Gasteiger partial charge in [-0.25, -0.2) is 17.5 Å². The Labute approximate surface area is 145 Å². The molecule has 0 spiro atoms. The van der Waals surface area contributed by atoms with Gasteiger partial charge in [-0.3, -0.25) is 0 Å². The quantitative estimate of drug-likeness (QED) is 0.876. The van der Waals surface area contributed by atoms with Gasteiger partial charge < -0.3 is 5.32 Å². The Balaban J connectivity index is 1.69. The molecule has 1 saturated heterocycles. The summed E-state index contributed by atoms with van der Waals surface area (Å²) in [6.07, 6.45) is 0.628. The van der Waals surface area contributed by atoms with Crippen LogP contribution in [0.5, 0.6) is 0 Å². The maximum atomic E-state index is 13.0. The molecule has 8 heteroatoms. The summed E-state index contributed by atoms with van der Waals surface area (Å²) >= 11 is 6.42. The van der Waals surface area contributed by atoms with Gasteiger partial charge in [0.05, 0.1) is 23.7 Å². The highest BCUT2D eigenvalue weighted by atomic mass is 35.5. The van der Waals surface area contributed by atoms with Crippen molar-refractivity contribution in [1.82, 2.24) is 15.1 Å². The number of nitrogens with one attached hydrogen (secondary N) is 1. The smallest absolute Gasteiger partial charge is 0.151 e. The number of hydrogen-bond donors (Lipinski definition) is 1. The molecule has 0 radical (unpaired) electrons. The van der Waals surface area contributed by atoms with E-state index in [1.807, 2.05) is 6.92 Å². The van der Waals surface area contributed by atoms with Gasteiger partial charge in [-0.05, 0) is 31.0 Å². The van der Waals surface area contributed by atoms with Crippen LogP contribution in [0, 0.1) is 12.7 Å². The normalized spacial score (nSPS) is 19.7. The fraction of sp³-hybridized carbons (Fsp3) is 0.438. The average Bonchev–Trinajstić information content (AvgIpc) is 3.00. The molecule has 0 bridgehead atoms. The largest absolute Gasteiger partial charge is 0.309 e. The second-order valence-corrected chi connectivity index (χ2v) is 8.71. The fourth-order valence-electron chi connectivity index (χ4n) is 2.86. The summed E-state index contributed by atoms with van der Waals surface area (Å²) in [6.45, 7) is 2.81. The summed E-state index contributed by atoms with van der Waals surface area (Å²) < 4.78 is 37.7. The molecule has 1 unspecified atom stereocenters. The van der Waals surface area contributed by atoms with Crippen LogP contribution < -0.4 is 5.32 Å². The van der Waals surface area contributed by atoms with E-state index in [1.54, 1.807) is 16.8 Å². The highest BCUT2D eigenvalue weighted by Crippen LogP contribution is 2.22. The molecular weight excluding hydrogens is 353 g/mol. The van der Waals surface area contributed by atoms with Crippen LogP contribution in [-0.2, 0) is 22.9 Å². The molecule has 0 amide bonds. The molecule has 130 valence electrons. The van der Waals surface area contributed by atoms with Crippen LogP contribution in [0.25, 0.3) is 0 Å². The van der Waals surface area contributed by atoms with Crippen LogP contribution in [0.1, 0.15) is 23.2 Å². The van der Waals surface area contributed by atoms with Gasteiger partial charge in [-0.15, -0.1) is 0 Å². The predicted octanol–water partition coefficient (Wildman–Crippen LogP) is 2.31. The van der Waals surface area contributed by atoms with Crippen molar-refractivity contribution in [3.05, 3.63) is 52.1 Å². The van der Waals surface area contributed by atoms with Crippen molar-refractivity contribution < 1.29 is 12.8 Å². The van der Waals surface area contributed by atoms with Crippen LogP contribution in [0.2, 0.25) is 5.15 Å². The lowest BCUT2D eigenvalue weighted by molar-refractivity contribution is 0.553. The third-order valence-electron chi connectivity index (χ3n) is 4.23. The van der Waals surface area contributed by atoms with E-state index in [0.29, 0.717) is 24.7 Å². The molecule has 24 heavy (non-hydrogen) atoms. The Bertz CT molecular complexity index is 834. The van der Waals surface area contributed by atoms with Gasteiger partial charge >= 0.3 is 0 Å². The molecule has 1 aromatic heterocycles. The van der Waals surface area contributed by atoms with Gasteiger partial charge in [0.1, 0.15) is 11.0 Å². The third kappa shape index (κ3) is 3.96. The number of aryl methyl sites for hydroxylation is 1. The number of halogens is 2. The first-order valence-electron chi connectivity index (χ1n) is 7.74. The molecule has 5 nitrogen and oxygen atoms in total. The first-order chi connectivity index (χ1) is 11.3. The monoisotopic (exact) mass is 371 g/mol. The highest BCUT2D eigenvalue weighted by molar-refractivity contribution is 7.91. The van der Waals surface area contributed by atoms with Gasteiger partial charge in [0.15, 0.2) is 9.84 Å². The van der Waals surface area contributed by atoms with Crippen molar-refractivity contribution in [1.29, 1.82) is 0 Å². The molecular formula is C16H19ClFN3O2S. The summed E-state index contributed by atoms with van der Waals surface area (Å²) in [5, 5.41) is 8.21. The van der Waals surface area contributed by atoms with E-state index in [9.17, 15) is 12.8 Å². The van der Waals surface area contributed by atoms with Crippen LogP contribution in [0.15, 0.2) is 24.3 Å². The molecule has 1 aromatic carbocycles. The standard InChI is InChI=1S/C16H19ClFN3O2S/c1-11-15(8-19-14-6-7-24(22,23)10-14)16(17)21(20-11)9-12-2-4-13(18)5-3-12/h2-5,14,19H,6-10H2,1H3. The Morgan fingerprint density at radius 2 is 2.08 bits per heavy atom. The summed E-state index contributed by atoms with van der Waals surface area (Å²) in [5.74, 6) is 0.132. The zero-order chi connectivity index (χ0) is 17.3. The van der Waals surface area contributed by atoms with Crippen LogP contribution in [0.3, 0.4) is 0 Å². The number of aromatic nitrogens is 2. The number of hydrogen-bond acceptors (Lipinski definition) is 4. The van der Waals surface area contributed by atoms with Gasteiger partial charge in [-0.1, -0.05) is 23.7 Å². The van der Waals surface area contributed by atoms with E-state index in [4.69, 9.17) is 11.6 Å². The van der Waals surface area contributed by atoms with Crippen molar-refractivity contribution in [2.75, 3.05) is 11.5 Å². The van der Waals surface area contributed by atoms with E-state index >= 15 is 0 Å². The van der Waals surface area contributed by atoms with Crippen molar-refractivity contribution in [3.63, 3.8) is 0 Å². The topological polar surface area (TPSA) is 64.0 Å². The van der Waals surface area contributed by atoms with Crippen molar-refractivity contribution >= 4 is 21.4 Å². The number of sulfone groups is 1. The molecule has 2 aromatic rings. The van der Waals surface area contributed by atoms with E-state index in [2.05, 4.69) is 10.4 Å². The summed E-state index contributed by atoms with van der Waals surface area (Å²) in [7, 11) is -2.91. The average molecular weight is 372 g/mol. The SMILES string of the molecule is Cc1nn(Cc2ccc(F)cc2)c(Cl)c1CNC1CCS(=O)(=O)C1. The Morgan fingerprint density at radius 3 is 2.71 bits per heavy atom. The van der Waals surface area contributed by atoms with E-state index in [-0.39, 0.29) is 23.4 Å². The van der Waals surface area contributed by atoms with E-state index in [1.165, 1.54) is 12.1 Å². The lowest BCUT2D eigenvalue weighted by atomic mass is 10.2. The summed E-state index contributed by atoms with van der Waals surface area (Å²) in [4.78, 5) is 0. The number of rotatable bonds is 5. The van der Waals surface area contributed by atoms with Gasteiger partial charge in [0, 0.05) is 18.2 Å². The van der Waals surface area contributed by atoms with Gasteiger partial charge in [-0.2, -0.15) is 5.10 Å². The zero-order valence-electron chi connectivity index (χ0n) is 13.3. The van der Waals surface area contributed by atoms with Crippen LogP contribution in [0.4, 0.5) is 4.39 Å². The predicted molar refractivity (Wildman–Crippen MR) is 91.4 cm³/mol. The molecule has 1 aliphatic rings. The minimum absolute atomic E-state index is 0.0362. The van der Waals surface area contributed by atoms with Crippen LogP contribution in [-0.4, -0.2) is 35.7 Å². The van der Waals surface area contributed by atoms with Crippen molar-refractivity contribution in [2.45, 2.75) is 32.5 Å². The molecule has 0 saturated carbocycles. The minimum Gasteiger partial charge on any atom is -0.309 e. The van der Waals surface area contributed by atoms with Crippen molar-refractivity contribution in [3.8, 4) is 0 Å². The highest BCUT2D eigenvalue weighted by Gasteiger charge is 2.27. The van der Waals surface area contributed by atoms with Crippen LogP contribution >= 0.6 is 11.6 Å². The molecule has 3 rings (SSSR count). The van der Waals surface area contributed by atoms with Crippen molar-refractivity contribution in [2.24, 2.45) is 0 Å². The van der Waals surface area contributed by atoms with Gasteiger partial charge in [0.2, 0.25) is 0 Å². The molecule has 1 N–H and O–H groups in total. The Hall–Kier alpha value is -1.44.